The highest BCUT2D eigenvalue weighted by Gasteiger charge is 2.35. The molecule has 1 aliphatic heterocycles. The Morgan fingerprint density at radius 3 is 2.19 bits per heavy atom. The van der Waals surface area contributed by atoms with Crippen LogP contribution in [0.5, 0.6) is 0 Å². The molecule has 0 unspecified atom stereocenters. The number of para-hydroxylation sites is 1. The first-order chi connectivity index (χ1) is 20.9. The largest absolute Gasteiger partial charge is 0.451 e. The number of nitrogens with one attached hydrogen (secondary N) is 4. The van der Waals surface area contributed by atoms with Crippen LogP contribution in [0.4, 0.5) is 0 Å². The van der Waals surface area contributed by atoms with Crippen molar-refractivity contribution in [1.82, 2.24) is 21.3 Å². The Bertz CT molecular complexity index is 1590. The second-order valence-electron chi connectivity index (χ2n) is 10.5. The Morgan fingerprint density at radius 1 is 0.837 bits per heavy atom. The summed E-state index contributed by atoms with van der Waals surface area (Å²) in [6, 6.07) is 24.5. The fraction of sp³-hybridized carbons (Fsp3) is 0.242. The van der Waals surface area contributed by atoms with Crippen LogP contribution in [0.2, 0.25) is 0 Å². The van der Waals surface area contributed by atoms with E-state index >= 15 is 0 Å². The Hall–Kier alpha value is -5.25. The first-order valence-electron chi connectivity index (χ1n) is 14.1. The summed E-state index contributed by atoms with van der Waals surface area (Å²) in [5.74, 6) is -3.77. The zero-order valence-electron chi connectivity index (χ0n) is 23.4. The van der Waals surface area contributed by atoms with E-state index in [1.807, 2.05) is 72.8 Å². The van der Waals surface area contributed by atoms with Crippen LogP contribution in [-0.2, 0) is 32.1 Å². The zero-order valence-corrected chi connectivity index (χ0v) is 23.4. The van der Waals surface area contributed by atoms with Gasteiger partial charge in [-0.1, -0.05) is 78.9 Å². The van der Waals surface area contributed by atoms with Crippen LogP contribution in [0, 0.1) is 5.92 Å². The van der Waals surface area contributed by atoms with E-state index in [9.17, 15) is 24.0 Å². The normalized spacial score (nSPS) is 15.7. The Morgan fingerprint density at radius 2 is 1.51 bits per heavy atom. The van der Waals surface area contributed by atoms with Crippen molar-refractivity contribution in [3.05, 3.63) is 108 Å². The lowest BCUT2D eigenvalue weighted by molar-refractivity contribution is -0.141. The number of benzene rings is 3. The van der Waals surface area contributed by atoms with E-state index in [4.69, 9.17) is 4.42 Å². The molecule has 10 heteroatoms. The van der Waals surface area contributed by atoms with Crippen LogP contribution in [0.15, 0.2) is 95.4 Å². The smallest absolute Gasteiger partial charge is 0.289 e. The number of carbonyl (C=O) groups is 5. The number of hydrogen-bond donors (Lipinski definition) is 4. The quantitative estimate of drug-likeness (QED) is 0.190. The number of fused-ring (bicyclic) bond motifs is 1. The monoisotopic (exact) mass is 580 g/mol. The molecule has 0 radical (unpaired) electrons. The SMILES string of the molecule is O=C(NCc1ccccc1)C(=O)[C@H](C[C@@H]1CCNC1=O)NC(=O)[C@H](Cc1ccccc1)NC(=O)c1cc2ccccc2o1. The number of hydrogen-bond acceptors (Lipinski definition) is 6. The summed E-state index contributed by atoms with van der Waals surface area (Å²) in [6.07, 6.45) is 0.536. The topological polar surface area (TPSA) is 147 Å². The number of ketones is 1. The highest BCUT2D eigenvalue weighted by Crippen LogP contribution is 2.20. The molecule has 0 spiro atoms. The van der Waals surface area contributed by atoms with Crippen molar-refractivity contribution < 1.29 is 28.4 Å². The van der Waals surface area contributed by atoms with Crippen molar-refractivity contribution in [2.75, 3.05) is 6.54 Å². The first kappa shape index (κ1) is 29.2. The molecule has 1 saturated heterocycles. The third kappa shape index (κ3) is 7.53. The molecule has 5 rings (SSSR count). The van der Waals surface area contributed by atoms with Crippen LogP contribution >= 0.6 is 0 Å². The van der Waals surface area contributed by atoms with Gasteiger partial charge in [0, 0.05) is 30.8 Å². The zero-order chi connectivity index (χ0) is 30.2. The minimum Gasteiger partial charge on any atom is -0.451 e. The molecule has 43 heavy (non-hydrogen) atoms. The third-order valence-electron chi connectivity index (χ3n) is 7.39. The van der Waals surface area contributed by atoms with Crippen molar-refractivity contribution in [3.8, 4) is 0 Å². The Labute approximate surface area is 248 Å². The van der Waals surface area contributed by atoms with Gasteiger partial charge in [0.25, 0.3) is 11.8 Å². The van der Waals surface area contributed by atoms with E-state index in [0.29, 0.717) is 18.5 Å². The number of Topliss-reactive ketones (excluding diaryl/α,β-unsaturated/α-hetero) is 1. The summed E-state index contributed by atoms with van der Waals surface area (Å²) in [4.78, 5) is 65.6. The number of amides is 4. The first-order valence-corrected chi connectivity index (χ1v) is 14.1. The van der Waals surface area contributed by atoms with Crippen molar-refractivity contribution in [3.63, 3.8) is 0 Å². The van der Waals surface area contributed by atoms with Gasteiger partial charge >= 0.3 is 0 Å². The molecule has 1 fully saturated rings. The summed E-state index contributed by atoms with van der Waals surface area (Å²) in [5, 5.41) is 11.5. The summed E-state index contributed by atoms with van der Waals surface area (Å²) >= 11 is 0. The number of rotatable bonds is 12. The highest BCUT2D eigenvalue weighted by molar-refractivity contribution is 6.38. The van der Waals surface area contributed by atoms with Crippen LogP contribution in [0.1, 0.15) is 34.5 Å². The van der Waals surface area contributed by atoms with Gasteiger partial charge in [-0.2, -0.15) is 0 Å². The van der Waals surface area contributed by atoms with E-state index in [1.165, 1.54) is 0 Å². The molecular formula is C33H32N4O6. The summed E-state index contributed by atoms with van der Waals surface area (Å²) < 4.78 is 5.68. The highest BCUT2D eigenvalue weighted by atomic mass is 16.3. The number of furan rings is 1. The average Bonchev–Trinajstić information content (AvgIpc) is 3.65. The second kappa shape index (κ2) is 13.6. The van der Waals surface area contributed by atoms with E-state index in [2.05, 4.69) is 21.3 Å². The predicted octanol–water partition coefficient (Wildman–Crippen LogP) is 2.67. The van der Waals surface area contributed by atoms with Gasteiger partial charge in [0.05, 0.1) is 6.04 Å². The van der Waals surface area contributed by atoms with E-state index in [0.717, 1.165) is 16.5 Å². The van der Waals surface area contributed by atoms with E-state index < -0.39 is 41.5 Å². The predicted molar refractivity (Wildman–Crippen MR) is 159 cm³/mol. The van der Waals surface area contributed by atoms with Crippen LogP contribution < -0.4 is 21.3 Å². The van der Waals surface area contributed by atoms with Gasteiger partial charge in [0.1, 0.15) is 11.6 Å². The molecule has 2 heterocycles. The van der Waals surface area contributed by atoms with Crippen molar-refractivity contribution in [2.24, 2.45) is 5.92 Å². The summed E-state index contributed by atoms with van der Waals surface area (Å²) in [7, 11) is 0. The van der Waals surface area contributed by atoms with Crippen LogP contribution in [0.3, 0.4) is 0 Å². The van der Waals surface area contributed by atoms with Crippen molar-refractivity contribution in [1.29, 1.82) is 0 Å². The molecule has 0 saturated carbocycles. The molecule has 4 aromatic rings. The maximum Gasteiger partial charge on any atom is 0.289 e. The lowest BCUT2D eigenvalue weighted by Gasteiger charge is -2.24. The van der Waals surface area contributed by atoms with Gasteiger partial charge < -0.3 is 25.7 Å². The maximum absolute atomic E-state index is 13.7. The van der Waals surface area contributed by atoms with Gasteiger partial charge in [-0.3, -0.25) is 24.0 Å². The summed E-state index contributed by atoms with van der Waals surface area (Å²) in [5.41, 5.74) is 2.10. The molecule has 3 atom stereocenters. The molecule has 4 amide bonds. The average molecular weight is 581 g/mol. The Balaban J connectivity index is 1.34. The fourth-order valence-corrected chi connectivity index (χ4v) is 5.06. The minimum atomic E-state index is -1.28. The lowest BCUT2D eigenvalue weighted by atomic mass is 9.94. The van der Waals surface area contributed by atoms with Gasteiger partial charge in [-0.05, 0) is 36.1 Å². The third-order valence-corrected chi connectivity index (χ3v) is 7.39. The minimum absolute atomic E-state index is 0.0302. The van der Waals surface area contributed by atoms with Gasteiger partial charge in [-0.15, -0.1) is 0 Å². The van der Waals surface area contributed by atoms with Gasteiger partial charge in [0.15, 0.2) is 5.76 Å². The molecule has 220 valence electrons. The van der Waals surface area contributed by atoms with Crippen molar-refractivity contribution in [2.45, 2.75) is 37.9 Å². The molecule has 0 bridgehead atoms. The molecular weight excluding hydrogens is 548 g/mol. The molecule has 3 aromatic carbocycles. The Kier molecular flexibility index (Phi) is 9.26. The molecule has 1 aromatic heterocycles. The maximum atomic E-state index is 13.7. The number of carbonyl (C=O) groups excluding carboxylic acids is 5. The molecule has 1 aliphatic rings. The second-order valence-corrected chi connectivity index (χ2v) is 10.5. The van der Waals surface area contributed by atoms with E-state index in [1.54, 1.807) is 18.2 Å². The van der Waals surface area contributed by atoms with Crippen molar-refractivity contribution >= 4 is 40.4 Å². The van der Waals surface area contributed by atoms with Gasteiger partial charge in [-0.25, -0.2) is 0 Å². The van der Waals surface area contributed by atoms with E-state index in [-0.39, 0.29) is 31.1 Å². The molecule has 4 N–H and O–H groups in total. The fourth-order valence-electron chi connectivity index (χ4n) is 5.06. The molecule has 0 aliphatic carbocycles. The van der Waals surface area contributed by atoms with Gasteiger partial charge in [0.2, 0.25) is 17.6 Å². The lowest BCUT2D eigenvalue weighted by Crippen LogP contribution is -2.55. The standard InChI is InChI=1S/C33H32N4O6/c38-29(33(42)35-20-22-11-5-2-6-12-22)25(18-24-15-16-34-30(24)39)36-31(40)26(17-21-9-3-1-4-10-21)37-32(41)28-19-23-13-7-8-14-27(23)43-28/h1-14,19,24-26H,15-18,20H2,(H,34,39)(H,35,42)(H,36,40)(H,37,41)/t24-,25-,26-/m0/s1. The summed E-state index contributed by atoms with van der Waals surface area (Å²) in [6.45, 7) is 0.572. The van der Waals surface area contributed by atoms with Crippen LogP contribution in [0.25, 0.3) is 11.0 Å². The van der Waals surface area contributed by atoms with Crippen LogP contribution in [-0.4, -0.2) is 48.0 Å². The molecule has 10 nitrogen and oxygen atoms in total.